The van der Waals surface area contributed by atoms with Crippen LogP contribution in [0.15, 0.2) is 33.9 Å². The predicted octanol–water partition coefficient (Wildman–Crippen LogP) is 1.54. The van der Waals surface area contributed by atoms with E-state index >= 15 is 0 Å². The Kier molecular flexibility index (Phi) is 8.15. The van der Waals surface area contributed by atoms with Crippen LogP contribution in [0.25, 0.3) is 22.1 Å². The first-order chi connectivity index (χ1) is 18.3. The predicted molar refractivity (Wildman–Crippen MR) is 150 cm³/mol. The molecular formula is C26H29N9O2S. The summed E-state index contributed by atoms with van der Waals surface area (Å²) in [6.07, 6.45) is 1.88. The second-order valence-electron chi connectivity index (χ2n) is 9.02. The first-order valence-electron chi connectivity index (χ1n) is 12.2. The topological polar surface area (TPSA) is 141 Å². The molecular weight excluding hydrogens is 502 g/mol. The Morgan fingerprint density at radius 3 is 2.63 bits per heavy atom. The number of thiocyanates is 1. The van der Waals surface area contributed by atoms with Crippen LogP contribution in [0.1, 0.15) is 31.3 Å². The van der Waals surface area contributed by atoms with E-state index in [1.54, 1.807) is 18.5 Å². The van der Waals surface area contributed by atoms with Gasteiger partial charge >= 0.3 is 5.69 Å². The van der Waals surface area contributed by atoms with Crippen LogP contribution >= 0.6 is 12.6 Å². The number of para-hydroxylation sites is 1. The van der Waals surface area contributed by atoms with Crippen molar-refractivity contribution in [3.63, 3.8) is 0 Å². The Balaban J connectivity index is 0.00000107. The third kappa shape index (κ3) is 5.14. The molecule has 5 rings (SSSR count). The maximum atomic E-state index is 13.7. The van der Waals surface area contributed by atoms with E-state index in [2.05, 4.69) is 39.3 Å². The Morgan fingerprint density at radius 2 is 1.92 bits per heavy atom. The van der Waals surface area contributed by atoms with Crippen LogP contribution in [0, 0.1) is 29.4 Å². The fourth-order valence-electron chi connectivity index (χ4n) is 4.75. The lowest BCUT2D eigenvalue weighted by Crippen LogP contribution is -2.44. The Labute approximate surface area is 225 Å². The molecule has 12 heteroatoms. The van der Waals surface area contributed by atoms with Crippen molar-refractivity contribution in [1.82, 2.24) is 28.7 Å². The van der Waals surface area contributed by atoms with Crippen LogP contribution in [0.2, 0.25) is 0 Å². The van der Waals surface area contributed by atoms with Crippen molar-refractivity contribution in [2.24, 2.45) is 12.8 Å². The largest absolute Gasteiger partial charge is 0.341 e. The third-order valence-electron chi connectivity index (χ3n) is 6.51. The van der Waals surface area contributed by atoms with Crippen LogP contribution in [0.3, 0.4) is 0 Å². The molecule has 0 saturated carbocycles. The lowest BCUT2D eigenvalue weighted by atomic mass is 10.1. The number of hydrogen-bond acceptors (Lipinski definition) is 9. The quantitative estimate of drug-likeness (QED) is 0.230. The van der Waals surface area contributed by atoms with Gasteiger partial charge in [0.15, 0.2) is 11.2 Å². The van der Waals surface area contributed by atoms with E-state index in [0.717, 1.165) is 36.0 Å². The molecule has 1 aliphatic heterocycles. The SMILES string of the molecule is CC#CCn1c(N2CCC[C@@H](N)C2)nc2c1c(=O)n(Cc1nc(C)c3ccccc3n1)c(=O)n2C.N#CS. The first kappa shape index (κ1) is 26.9. The fourth-order valence-corrected chi connectivity index (χ4v) is 4.75. The van der Waals surface area contributed by atoms with E-state index in [0.29, 0.717) is 29.5 Å². The van der Waals surface area contributed by atoms with Crippen molar-refractivity contribution in [2.75, 3.05) is 18.0 Å². The number of nitrogens with two attached hydrogens (primary N) is 1. The zero-order valence-electron chi connectivity index (χ0n) is 21.5. The lowest BCUT2D eigenvalue weighted by Gasteiger charge is -2.31. The van der Waals surface area contributed by atoms with Gasteiger partial charge in [-0.05, 0) is 32.8 Å². The van der Waals surface area contributed by atoms with Crippen LogP contribution in [-0.4, -0.2) is 47.8 Å². The molecule has 196 valence electrons. The number of nitriles is 1. The standard InChI is InChI=1S/C25H28N8O2.CHNS/c1-4-5-13-32-21-22(29-24(32)31-12-8-9-17(26)14-31)30(3)25(35)33(23(21)34)15-20-27-16(2)18-10-6-7-11-19(18)28-20;2-1-3/h6-7,10-11,17H,8-9,12-15,26H2,1-3H3;3H/t17-;/m1./s1. The van der Waals surface area contributed by atoms with E-state index in [-0.39, 0.29) is 19.1 Å². The first-order valence-corrected chi connectivity index (χ1v) is 12.6. The minimum Gasteiger partial charge on any atom is -0.341 e. The molecule has 1 atom stereocenters. The lowest BCUT2D eigenvalue weighted by molar-refractivity contribution is 0.496. The molecule has 3 aromatic heterocycles. The van der Waals surface area contributed by atoms with Crippen LogP contribution in [0.5, 0.6) is 0 Å². The number of aromatic nitrogens is 6. The number of aryl methyl sites for hydroxylation is 2. The molecule has 38 heavy (non-hydrogen) atoms. The van der Waals surface area contributed by atoms with Crippen LogP contribution < -0.4 is 21.9 Å². The van der Waals surface area contributed by atoms with Crippen molar-refractivity contribution in [1.29, 1.82) is 5.26 Å². The fraction of sp³-hybridized carbons (Fsp3) is 0.385. The highest BCUT2D eigenvalue weighted by Crippen LogP contribution is 2.23. The van der Waals surface area contributed by atoms with Gasteiger partial charge in [-0.2, -0.15) is 10.2 Å². The molecule has 0 spiro atoms. The van der Waals surface area contributed by atoms with Crippen LogP contribution in [-0.2, 0) is 20.1 Å². The van der Waals surface area contributed by atoms with Crippen molar-refractivity contribution < 1.29 is 0 Å². The monoisotopic (exact) mass is 531 g/mol. The summed E-state index contributed by atoms with van der Waals surface area (Å²) < 4.78 is 4.39. The summed E-state index contributed by atoms with van der Waals surface area (Å²) in [6.45, 7) is 5.31. The molecule has 1 saturated heterocycles. The number of rotatable bonds is 4. The molecule has 2 N–H and O–H groups in total. The Morgan fingerprint density at radius 1 is 1.18 bits per heavy atom. The van der Waals surface area contributed by atoms with Crippen molar-refractivity contribution in [3.8, 4) is 17.2 Å². The van der Waals surface area contributed by atoms with Crippen LogP contribution in [0.4, 0.5) is 5.95 Å². The molecule has 0 bridgehead atoms. The Bertz CT molecular complexity index is 1720. The summed E-state index contributed by atoms with van der Waals surface area (Å²) in [5, 5.41) is 9.57. The van der Waals surface area contributed by atoms with E-state index in [9.17, 15) is 9.59 Å². The molecule has 1 fully saturated rings. The molecule has 0 amide bonds. The summed E-state index contributed by atoms with van der Waals surface area (Å²) in [6, 6.07) is 7.71. The maximum absolute atomic E-state index is 13.7. The number of piperidine rings is 1. The number of nitrogens with zero attached hydrogens (tertiary/aromatic N) is 8. The third-order valence-corrected chi connectivity index (χ3v) is 6.51. The minimum absolute atomic E-state index is 0.0306. The van der Waals surface area contributed by atoms with Crippen molar-refractivity contribution >= 4 is 40.6 Å². The number of thiol groups is 1. The summed E-state index contributed by atoms with van der Waals surface area (Å²) in [5.41, 5.74) is 7.54. The summed E-state index contributed by atoms with van der Waals surface area (Å²) in [4.78, 5) is 43.0. The molecule has 1 aromatic carbocycles. The average molecular weight is 532 g/mol. The highest BCUT2D eigenvalue weighted by molar-refractivity contribution is 7.85. The summed E-state index contributed by atoms with van der Waals surface area (Å²) in [7, 11) is 1.63. The van der Waals surface area contributed by atoms with Gasteiger partial charge in [-0.3, -0.25) is 18.5 Å². The van der Waals surface area contributed by atoms with Gasteiger partial charge in [0, 0.05) is 37.3 Å². The van der Waals surface area contributed by atoms with Gasteiger partial charge in [0.2, 0.25) is 5.95 Å². The molecule has 4 aromatic rings. The molecule has 0 aliphatic carbocycles. The minimum atomic E-state index is -0.468. The van der Waals surface area contributed by atoms with E-state index in [1.165, 1.54) is 14.5 Å². The van der Waals surface area contributed by atoms with Gasteiger partial charge in [-0.15, -0.1) is 5.92 Å². The highest BCUT2D eigenvalue weighted by atomic mass is 32.1. The zero-order chi connectivity index (χ0) is 27.4. The molecule has 0 radical (unpaired) electrons. The summed E-state index contributed by atoms with van der Waals surface area (Å²) in [5.74, 6) is 6.96. The van der Waals surface area contributed by atoms with Gasteiger partial charge in [-0.1, -0.05) is 36.7 Å². The number of imidazole rings is 1. The average Bonchev–Trinajstić information content (AvgIpc) is 3.29. The van der Waals surface area contributed by atoms with Gasteiger partial charge in [0.1, 0.15) is 11.2 Å². The van der Waals surface area contributed by atoms with Crippen molar-refractivity contribution in [3.05, 3.63) is 56.6 Å². The number of benzene rings is 1. The number of anilines is 1. The normalized spacial score (nSPS) is 14.9. The van der Waals surface area contributed by atoms with Gasteiger partial charge < -0.3 is 10.6 Å². The molecule has 0 unspecified atom stereocenters. The number of hydrogen-bond donors (Lipinski definition) is 2. The smallest absolute Gasteiger partial charge is 0.332 e. The second kappa shape index (κ2) is 11.5. The molecule has 1 aliphatic rings. The molecule has 11 nitrogen and oxygen atoms in total. The number of fused-ring (bicyclic) bond motifs is 2. The van der Waals surface area contributed by atoms with E-state index in [4.69, 9.17) is 16.0 Å². The second-order valence-corrected chi connectivity index (χ2v) is 9.22. The molecule has 4 heterocycles. The zero-order valence-corrected chi connectivity index (χ0v) is 22.4. The van der Waals surface area contributed by atoms with E-state index < -0.39 is 11.2 Å². The van der Waals surface area contributed by atoms with Gasteiger partial charge in [0.05, 0.1) is 18.6 Å². The van der Waals surface area contributed by atoms with Gasteiger partial charge in [-0.25, -0.2) is 14.8 Å². The maximum Gasteiger partial charge on any atom is 0.332 e. The highest BCUT2D eigenvalue weighted by Gasteiger charge is 2.26. The van der Waals surface area contributed by atoms with Crippen molar-refractivity contribution in [2.45, 2.75) is 45.8 Å². The van der Waals surface area contributed by atoms with E-state index in [1.807, 2.05) is 31.2 Å². The summed E-state index contributed by atoms with van der Waals surface area (Å²) >= 11 is 3.09. The van der Waals surface area contributed by atoms with Gasteiger partial charge in [0.25, 0.3) is 5.56 Å². The Hall–Kier alpha value is -4.13.